The third-order valence-corrected chi connectivity index (χ3v) is 3.31. The van der Waals surface area contributed by atoms with Crippen LogP contribution >= 0.6 is 0 Å². The van der Waals surface area contributed by atoms with Crippen molar-refractivity contribution in [2.45, 2.75) is 25.8 Å². The number of halogens is 1. The summed E-state index contributed by atoms with van der Waals surface area (Å²) in [6.45, 7) is 2.38. The highest BCUT2D eigenvalue weighted by Gasteiger charge is 2.09. The van der Waals surface area contributed by atoms with Crippen molar-refractivity contribution in [1.82, 2.24) is 5.32 Å². The van der Waals surface area contributed by atoms with Gasteiger partial charge in [-0.3, -0.25) is 4.79 Å². The Balaban J connectivity index is 1.68. The van der Waals surface area contributed by atoms with Crippen molar-refractivity contribution in [1.29, 1.82) is 0 Å². The highest BCUT2D eigenvalue weighted by molar-refractivity contribution is 5.76. The third-order valence-electron chi connectivity index (χ3n) is 3.31. The Kier molecular flexibility index (Phi) is 5.95. The molecule has 116 valence electrons. The van der Waals surface area contributed by atoms with E-state index in [4.69, 9.17) is 4.74 Å². The molecule has 0 aliphatic rings. The number of nitrogens with one attached hydrogen (secondary N) is 1. The second-order valence-corrected chi connectivity index (χ2v) is 5.11. The van der Waals surface area contributed by atoms with Crippen LogP contribution in [0.25, 0.3) is 0 Å². The van der Waals surface area contributed by atoms with Gasteiger partial charge in [-0.25, -0.2) is 4.39 Å². The Labute approximate surface area is 130 Å². The van der Waals surface area contributed by atoms with Crippen LogP contribution in [0.5, 0.6) is 5.75 Å². The number of hydrogen-bond donors (Lipinski definition) is 1. The minimum Gasteiger partial charge on any atom is -0.494 e. The van der Waals surface area contributed by atoms with Crippen molar-refractivity contribution in [2.24, 2.45) is 0 Å². The minimum atomic E-state index is -0.277. The first-order chi connectivity index (χ1) is 10.6. The molecule has 2 aromatic carbocycles. The fourth-order valence-corrected chi connectivity index (χ4v) is 2.09. The van der Waals surface area contributed by atoms with Gasteiger partial charge in [0.2, 0.25) is 5.91 Å². The van der Waals surface area contributed by atoms with Crippen molar-refractivity contribution in [3.63, 3.8) is 0 Å². The lowest BCUT2D eigenvalue weighted by Gasteiger charge is -2.14. The van der Waals surface area contributed by atoms with E-state index < -0.39 is 0 Å². The van der Waals surface area contributed by atoms with Crippen molar-refractivity contribution in [3.05, 3.63) is 66.0 Å². The zero-order valence-electron chi connectivity index (χ0n) is 12.6. The second-order valence-electron chi connectivity index (χ2n) is 5.11. The van der Waals surface area contributed by atoms with Crippen molar-refractivity contribution < 1.29 is 13.9 Å². The van der Waals surface area contributed by atoms with E-state index >= 15 is 0 Å². The van der Waals surface area contributed by atoms with E-state index in [1.807, 2.05) is 37.3 Å². The molecule has 3 nitrogen and oxygen atoms in total. The molecule has 0 heterocycles. The van der Waals surface area contributed by atoms with Crippen LogP contribution in [-0.4, -0.2) is 12.5 Å². The zero-order valence-corrected chi connectivity index (χ0v) is 12.6. The van der Waals surface area contributed by atoms with Crippen LogP contribution in [0.1, 0.15) is 31.4 Å². The number of rotatable bonds is 7. The highest BCUT2D eigenvalue weighted by atomic mass is 19.1. The molecule has 0 bridgehead atoms. The molecule has 0 radical (unpaired) electrons. The molecule has 1 N–H and O–H groups in total. The Morgan fingerprint density at radius 1 is 1.14 bits per heavy atom. The summed E-state index contributed by atoms with van der Waals surface area (Å²) in [7, 11) is 0. The van der Waals surface area contributed by atoms with E-state index in [2.05, 4.69) is 5.32 Å². The predicted octanol–water partition coefficient (Wildman–Crippen LogP) is 3.86. The molecule has 1 amide bonds. The van der Waals surface area contributed by atoms with Gasteiger partial charge in [0, 0.05) is 6.42 Å². The standard InChI is InChI=1S/C18H20FNO2/c1-14(15-9-11-16(19)12-10-15)20-18(21)8-5-13-22-17-6-3-2-4-7-17/h2-4,6-7,9-12,14H,5,8,13H2,1H3,(H,20,21). The van der Waals surface area contributed by atoms with Gasteiger partial charge >= 0.3 is 0 Å². The molecule has 1 unspecified atom stereocenters. The first-order valence-electron chi connectivity index (χ1n) is 7.38. The molecule has 0 fully saturated rings. The maximum Gasteiger partial charge on any atom is 0.220 e. The monoisotopic (exact) mass is 301 g/mol. The van der Waals surface area contributed by atoms with Gasteiger partial charge in [-0.1, -0.05) is 30.3 Å². The molecule has 2 rings (SSSR count). The van der Waals surface area contributed by atoms with E-state index in [1.54, 1.807) is 12.1 Å². The number of hydrogen-bond acceptors (Lipinski definition) is 2. The van der Waals surface area contributed by atoms with E-state index in [9.17, 15) is 9.18 Å². The smallest absolute Gasteiger partial charge is 0.220 e. The lowest BCUT2D eigenvalue weighted by molar-refractivity contribution is -0.121. The molecular formula is C18H20FNO2. The summed E-state index contributed by atoms with van der Waals surface area (Å²) in [6.07, 6.45) is 1.05. The average Bonchev–Trinajstić information content (AvgIpc) is 2.53. The molecule has 0 spiro atoms. The predicted molar refractivity (Wildman–Crippen MR) is 84.1 cm³/mol. The van der Waals surface area contributed by atoms with Crippen LogP contribution in [0.15, 0.2) is 54.6 Å². The molecule has 0 aliphatic heterocycles. The van der Waals surface area contributed by atoms with E-state index in [0.717, 1.165) is 11.3 Å². The lowest BCUT2D eigenvalue weighted by Crippen LogP contribution is -2.26. The maximum absolute atomic E-state index is 12.9. The summed E-state index contributed by atoms with van der Waals surface area (Å²) in [5.41, 5.74) is 0.885. The summed E-state index contributed by atoms with van der Waals surface area (Å²) in [5.74, 6) is 0.497. The van der Waals surface area contributed by atoms with Gasteiger partial charge in [0.1, 0.15) is 11.6 Å². The summed E-state index contributed by atoms with van der Waals surface area (Å²) >= 11 is 0. The van der Waals surface area contributed by atoms with Crippen LogP contribution in [-0.2, 0) is 4.79 Å². The van der Waals surface area contributed by atoms with E-state index in [-0.39, 0.29) is 17.8 Å². The summed E-state index contributed by atoms with van der Waals surface area (Å²) in [4.78, 5) is 11.9. The summed E-state index contributed by atoms with van der Waals surface area (Å²) < 4.78 is 18.4. The van der Waals surface area contributed by atoms with Crippen LogP contribution < -0.4 is 10.1 Å². The molecule has 0 saturated heterocycles. The van der Waals surface area contributed by atoms with Crippen LogP contribution in [0, 0.1) is 5.82 Å². The van der Waals surface area contributed by atoms with E-state index in [1.165, 1.54) is 12.1 Å². The van der Waals surface area contributed by atoms with Gasteiger partial charge in [-0.15, -0.1) is 0 Å². The molecular weight excluding hydrogens is 281 g/mol. The van der Waals surface area contributed by atoms with Crippen LogP contribution in [0.2, 0.25) is 0 Å². The van der Waals surface area contributed by atoms with Gasteiger partial charge in [0.05, 0.1) is 12.6 Å². The number of ether oxygens (including phenoxy) is 1. The summed E-state index contributed by atoms with van der Waals surface area (Å²) in [6, 6.07) is 15.5. The topological polar surface area (TPSA) is 38.3 Å². The zero-order chi connectivity index (χ0) is 15.8. The quantitative estimate of drug-likeness (QED) is 0.789. The van der Waals surface area contributed by atoms with Crippen LogP contribution in [0.3, 0.4) is 0 Å². The molecule has 0 saturated carbocycles. The van der Waals surface area contributed by atoms with Crippen LogP contribution in [0.4, 0.5) is 4.39 Å². The fraction of sp³-hybridized carbons (Fsp3) is 0.278. The van der Waals surface area contributed by atoms with Gasteiger partial charge in [-0.2, -0.15) is 0 Å². The van der Waals surface area contributed by atoms with Gasteiger partial charge in [-0.05, 0) is 43.2 Å². The Hall–Kier alpha value is -2.36. The molecule has 22 heavy (non-hydrogen) atoms. The Morgan fingerprint density at radius 3 is 2.50 bits per heavy atom. The normalized spacial score (nSPS) is 11.7. The average molecular weight is 301 g/mol. The second kappa shape index (κ2) is 8.17. The summed E-state index contributed by atoms with van der Waals surface area (Å²) in [5, 5.41) is 2.90. The van der Waals surface area contributed by atoms with Crippen molar-refractivity contribution in [3.8, 4) is 5.75 Å². The molecule has 4 heteroatoms. The number of benzene rings is 2. The maximum atomic E-state index is 12.9. The third kappa shape index (κ3) is 5.20. The number of carbonyl (C=O) groups is 1. The molecule has 0 aromatic heterocycles. The Bertz CT molecular complexity index is 584. The van der Waals surface area contributed by atoms with Crippen molar-refractivity contribution >= 4 is 5.91 Å². The molecule has 0 aliphatic carbocycles. The SMILES string of the molecule is CC(NC(=O)CCCOc1ccccc1)c1ccc(F)cc1. The molecule has 2 aromatic rings. The number of para-hydroxylation sites is 1. The molecule has 1 atom stereocenters. The van der Waals surface area contributed by atoms with Crippen molar-refractivity contribution in [2.75, 3.05) is 6.61 Å². The number of amides is 1. The van der Waals surface area contributed by atoms with E-state index in [0.29, 0.717) is 19.4 Å². The first kappa shape index (κ1) is 16.0. The van der Waals surface area contributed by atoms with Gasteiger partial charge in [0.25, 0.3) is 0 Å². The Morgan fingerprint density at radius 2 is 1.82 bits per heavy atom. The lowest BCUT2D eigenvalue weighted by atomic mass is 10.1. The minimum absolute atomic E-state index is 0.0338. The van der Waals surface area contributed by atoms with Gasteiger partial charge < -0.3 is 10.1 Å². The number of carbonyl (C=O) groups excluding carboxylic acids is 1. The fourth-order valence-electron chi connectivity index (χ4n) is 2.09. The highest BCUT2D eigenvalue weighted by Crippen LogP contribution is 2.13. The van der Waals surface area contributed by atoms with Gasteiger partial charge in [0.15, 0.2) is 0 Å². The largest absolute Gasteiger partial charge is 0.494 e. The first-order valence-corrected chi connectivity index (χ1v) is 7.38.